The first-order chi connectivity index (χ1) is 10.2. The standard InChI is InChI=1S/C14H18F2N4O/c1-2-10-5-17-12-11(10)13(19-8-18-12)20-4-3-9(6-20)7-21-14(15)16/h5,8-9,14H,2-4,6-7H2,1H3,(H,17,18,19). The normalized spacial score (nSPS) is 19.0. The van der Waals surface area contributed by atoms with Crippen LogP contribution in [0.25, 0.3) is 11.0 Å². The summed E-state index contributed by atoms with van der Waals surface area (Å²) in [6, 6.07) is 0. The van der Waals surface area contributed by atoms with E-state index in [9.17, 15) is 8.78 Å². The molecule has 7 heteroatoms. The van der Waals surface area contributed by atoms with Crippen LogP contribution >= 0.6 is 0 Å². The molecule has 2 aromatic rings. The second kappa shape index (κ2) is 5.93. The Kier molecular flexibility index (Phi) is 4.01. The van der Waals surface area contributed by atoms with E-state index in [1.807, 2.05) is 6.20 Å². The average molecular weight is 296 g/mol. The number of H-pyrrole nitrogens is 1. The number of hydrogen-bond acceptors (Lipinski definition) is 4. The molecular formula is C14H18F2N4O. The van der Waals surface area contributed by atoms with Crippen LogP contribution in [-0.4, -0.2) is 41.3 Å². The van der Waals surface area contributed by atoms with Gasteiger partial charge in [-0.1, -0.05) is 6.92 Å². The van der Waals surface area contributed by atoms with Crippen molar-refractivity contribution in [3.8, 4) is 0 Å². The van der Waals surface area contributed by atoms with Crippen molar-refractivity contribution in [1.82, 2.24) is 15.0 Å². The van der Waals surface area contributed by atoms with Gasteiger partial charge in [-0.05, 0) is 18.4 Å². The van der Waals surface area contributed by atoms with E-state index in [1.54, 1.807) is 0 Å². The summed E-state index contributed by atoms with van der Waals surface area (Å²) >= 11 is 0. The second-order valence-corrected chi connectivity index (χ2v) is 5.28. The van der Waals surface area contributed by atoms with Gasteiger partial charge in [-0.2, -0.15) is 8.78 Å². The number of rotatable bonds is 5. The highest BCUT2D eigenvalue weighted by molar-refractivity contribution is 5.90. The van der Waals surface area contributed by atoms with Gasteiger partial charge in [0.05, 0.1) is 12.0 Å². The van der Waals surface area contributed by atoms with Crippen molar-refractivity contribution in [2.24, 2.45) is 5.92 Å². The van der Waals surface area contributed by atoms with Gasteiger partial charge >= 0.3 is 6.61 Å². The minimum Gasteiger partial charge on any atom is -0.356 e. The van der Waals surface area contributed by atoms with Crippen molar-refractivity contribution >= 4 is 16.9 Å². The monoisotopic (exact) mass is 296 g/mol. The SMILES string of the molecule is CCc1c[nH]c2ncnc(N3CCC(COC(F)F)C3)c12. The first-order valence-electron chi connectivity index (χ1n) is 7.14. The summed E-state index contributed by atoms with van der Waals surface area (Å²) in [5.74, 6) is 1.01. The minimum absolute atomic E-state index is 0.0934. The van der Waals surface area contributed by atoms with E-state index >= 15 is 0 Å². The lowest BCUT2D eigenvalue weighted by Gasteiger charge is -2.18. The van der Waals surface area contributed by atoms with Crippen molar-refractivity contribution in [1.29, 1.82) is 0 Å². The molecule has 1 fully saturated rings. The van der Waals surface area contributed by atoms with Gasteiger partial charge in [-0.3, -0.25) is 0 Å². The van der Waals surface area contributed by atoms with Gasteiger partial charge in [0.1, 0.15) is 17.8 Å². The van der Waals surface area contributed by atoms with E-state index in [0.29, 0.717) is 6.54 Å². The summed E-state index contributed by atoms with van der Waals surface area (Å²) in [6.45, 7) is 0.977. The largest absolute Gasteiger partial charge is 0.356 e. The summed E-state index contributed by atoms with van der Waals surface area (Å²) in [5, 5.41) is 1.04. The van der Waals surface area contributed by atoms with Crippen LogP contribution in [0.2, 0.25) is 0 Å². The Labute approximate surface area is 121 Å². The quantitative estimate of drug-likeness (QED) is 0.921. The number of aromatic nitrogens is 3. The van der Waals surface area contributed by atoms with E-state index in [0.717, 1.165) is 36.2 Å². The zero-order valence-corrected chi connectivity index (χ0v) is 11.9. The topological polar surface area (TPSA) is 54.0 Å². The maximum atomic E-state index is 12.1. The summed E-state index contributed by atoms with van der Waals surface area (Å²) in [5.41, 5.74) is 2.00. The van der Waals surface area contributed by atoms with Gasteiger partial charge in [-0.15, -0.1) is 0 Å². The molecule has 2 aromatic heterocycles. The van der Waals surface area contributed by atoms with Crippen molar-refractivity contribution < 1.29 is 13.5 Å². The predicted molar refractivity (Wildman–Crippen MR) is 75.5 cm³/mol. The molecule has 0 amide bonds. The molecule has 114 valence electrons. The van der Waals surface area contributed by atoms with E-state index in [1.165, 1.54) is 11.9 Å². The molecule has 0 radical (unpaired) electrons. The number of aromatic amines is 1. The fourth-order valence-electron chi connectivity index (χ4n) is 2.90. The summed E-state index contributed by atoms with van der Waals surface area (Å²) in [6.07, 6.45) is 5.23. The molecule has 3 rings (SSSR count). The third kappa shape index (κ3) is 2.83. The highest BCUT2D eigenvalue weighted by Crippen LogP contribution is 2.30. The van der Waals surface area contributed by atoms with E-state index in [-0.39, 0.29) is 12.5 Å². The van der Waals surface area contributed by atoms with Crippen LogP contribution in [0, 0.1) is 5.92 Å². The molecule has 1 aliphatic heterocycles. The maximum absolute atomic E-state index is 12.1. The lowest BCUT2D eigenvalue weighted by molar-refractivity contribution is -0.136. The zero-order chi connectivity index (χ0) is 14.8. The van der Waals surface area contributed by atoms with E-state index in [4.69, 9.17) is 0 Å². The second-order valence-electron chi connectivity index (χ2n) is 5.28. The molecule has 1 aliphatic rings. The molecule has 3 heterocycles. The van der Waals surface area contributed by atoms with E-state index < -0.39 is 6.61 Å². The molecule has 5 nitrogen and oxygen atoms in total. The molecule has 21 heavy (non-hydrogen) atoms. The zero-order valence-electron chi connectivity index (χ0n) is 11.9. The number of anilines is 1. The number of alkyl halides is 2. The van der Waals surface area contributed by atoms with Crippen LogP contribution in [0.15, 0.2) is 12.5 Å². The minimum atomic E-state index is -2.69. The van der Waals surface area contributed by atoms with Crippen LogP contribution in [-0.2, 0) is 11.2 Å². The number of aryl methyl sites for hydroxylation is 1. The Balaban J connectivity index is 1.80. The Hall–Kier alpha value is -1.76. The molecular weight excluding hydrogens is 278 g/mol. The lowest BCUT2D eigenvalue weighted by Crippen LogP contribution is -2.23. The fraction of sp³-hybridized carbons (Fsp3) is 0.571. The van der Waals surface area contributed by atoms with E-state index in [2.05, 4.69) is 31.5 Å². The Morgan fingerprint density at radius 2 is 2.33 bits per heavy atom. The van der Waals surface area contributed by atoms with Gasteiger partial charge in [0.25, 0.3) is 0 Å². The van der Waals surface area contributed by atoms with Gasteiger partial charge in [-0.25, -0.2) is 9.97 Å². The van der Waals surface area contributed by atoms with Crippen LogP contribution in [0.5, 0.6) is 0 Å². The Morgan fingerprint density at radius 3 is 3.10 bits per heavy atom. The van der Waals surface area contributed by atoms with Crippen molar-refractivity contribution in [2.75, 3.05) is 24.6 Å². The van der Waals surface area contributed by atoms with Crippen LogP contribution in [0.3, 0.4) is 0 Å². The van der Waals surface area contributed by atoms with Gasteiger partial charge in [0, 0.05) is 25.2 Å². The molecule has 0 aliphatic carbocycles. The van der Waals surface area contributed by atoms with Gasteiger partial charge in [0.2, 0.25) is 0 Å². The molecule has 1 atom stereocenters. The molecule has 1 N–H and O–H groups in total. The Bertz CT molecular complexity index is 616. The van der Waals surface area contributed by atoms with Gasteiger partial charge in [0.15, 0.2) is 0 Å². The highest BCUT2D eigenvalue weighted by Gasteiger charge is 2.26. The summed E-state index contributed by atoms with van der Waals surface area (Å²) in [4.78, 5) is 13.9. The number of nitrogens with one attached hydrogen (secondary N) is 1. The number of halogens is 2. The average Bonchev–Trinajstić information content (AvgIpc) is 3.11. The van der Waals surface area contributed by atoms with Crippen molar-refractivity contribution in [2.45, 2.75) is 26.4 Å². The van der Waals surface area contributed by atoms with Crippen LogP contribution in [0.4, 0.5) is 14.6 Å². The molecule has 0 bridgehead atoms. The third-order valence-electron chi connectivity index (χ3n) is 3.96. The number of fused-ring (bicyclic) bond motifs is 1. The van der Waals surface area contributed by atoms with Crippen molar-refractivity contribution in [3.63, 3.8) is 0 Å². The fourth-order valence-corrected chi connectivity index (χ4v) is 2.90. The highest BCUT2D eigenvalue weighted by atomic mass is 19.3. The first-order valence-corrected chi connectivity index (χ1v) is 7.14. The number of ether oxygens (including phenoxy) is 1. The predicted octanol–water partition coefficient (Wildman–Crippen LogP) is 2.59. The summed E-state index contributed by atoms with van der Waals surface area (Å²) < 4.78 is 28.7. The maximum Gasteiger partial charge on any atom is 0.345 e. The molecule has 1 saturated heterocycles. The number of hydrogen-bond donors (Lipinski definition) is 1. The number of nitrogens with zero attached hydrogens (tertiary/aromatic N) is 3. The molecule has 0 saturated carbocycles. The summed E-state index contributed by atoms with van der Waals surface area (Å²) in [7, 11) is 0. The van der Waals surface area contributed by atoms with Gasteiger partial charge < -0.3 is 14.6 Å². The molecule has 0 spiro atoms. The van der Waals surface area contributed by atoms with Crippen LogP contribution < -0.4 is 4.90 Å². The smallest absolute Gasteiger partial charge is 0.345 e. The van der Waals surface area contributed by atoms with Crippen LogP contribution in [0.1, 0.15) is 18.9 Å². The van der Waals surface area contributed by atoms with Crippen molar-refractivity contribution in [3.05, 3.63) is 18.1 Å². The first kappa shape index (κ1) is 14.2. The molecule has 1 unspecified atom stereocenters. The molecule has 0 aromatic carbocycles. The third-order valence-corrected chi connectivity index (χ3v) is 3.96. The Morgan fingerprint density at radius 1 is 1.48 bits per heavy atom. The lowest BCUT2D eigenvalue weighted by atomic mass is 10.1.